The van der Waals surface area contributed by atoms with Gasteiger partial charge in [0.05, 0.1) is 11.4 Å². The maximum Gasteiger partial charge on any atom is 0.408 e. The first-order chi connectivity index (χ1) is 13.1. The molecule has 1 aliphatic carbocycles. The van der Waals surface area contributed by atoms with E-state index in [9.17, 15) is 26.0 Å². The molecule has 6 nitrogen and oxygen atoms in total. The summed E-state index contributed by atoms with van der Waals surface area (Å²) in [5.41, 5.74) is -0.112. The predicted octanol–water partition coefficient (Wildman–Crippen LogP) is 2.87. The summed E-state index contributed by atoms with van der Waals surface area (Å²) in [6, 6.07) is -0.405. The zero-order valence-corrected chi connectivity index (χ0v) is 15.9. The largest absolute Gasteiger partial charge is 0.408 e. The summed E-state index contributed by atoms with van der Waals surface area (Å²) in [4.78, 5) is 0.636. The van der Waals surface area contributed by atoms with Gasteiger partial charge < -0.3 is 15.5 Å². The quantitative estimate of drug-likeness (QED) is 0.736. The molecule has 0 radical (unpaired) electrons. The molecule has 11 heteroatoms. The molecular weight excluding hydrogens is 400 g/mol. The van der Waals surface area contributed by atoms with Crippen LogP contribution in [0.2, 0.25) is 0 Å². The minimum absolute atomic E-state index is 0.0171. The highest BCUT2D eigenvalue weighted by Crippen LogP contribution is 2.44. The third-order valence-corrected chi connectivity index (χ3v) is 6.77. The van der Waals surface area contributed by atoms with Gasteiger partial charge in [0, 0.05) is 18.5 Å². The van der Waals surface area contributed by atoms with Crippen LogP contribution in [0.15, 0.2) is 21.4 Å². The summed E-state index contributed by atoms with van der Waals surface area (Å²) in [5.74, 6) is -0.760. The van der Waals surface area contributed by atoms with Crippen LogP contribution in [0, 0.1) is 11.7 Å². The summed E-state index contributed by atoms with van der Waals surface area (Å²) >= 11 is 0. The summed E-state index contributed by atoms with van der Waals surface area (Å²) in [6.45, 7) is 0.0171. The molecule has 1 aromatic rings. The Labute approximate surface area is 160 Å². The van der Waals surface area contributed by atoms with E-state index in [-0.39, 0.29) is 42.1 Å². The van der Waals surface area contributed by atoms with Crippen molar-refractivity contribution in [2.24, 2.45) is 10.3 Å². The van der Waals surface area contributed by atoms with E-state index < -0.39 is 33.0 Å². The average Bonchev–Trinajstić information content (AvgIpc) is 3.45. The predicted molar refractivity (Wildman–Crippen MR) is 96.6 cm³/mol. The molecule has 2 atom stereocenters. The SMILES string of the molecule is CN[C@H]1CCN(c2cc(F)cc3c2NC(C2CC2)=NS3(=O)=O)[C@H](C(F)(F)F)C1. The topological polar surface area (TPSA) is 73.8 Å². The van der Waals surface area contributed by atoms with E-state index in [1.165, 1.54) is 0 Å². The highest BCUT2D eigenvalue weighted by Gasteiger charge is 2.48. The monoisotopic (exact) mass is 420 g/mol. The van der Waals surface area contributed by atoms with E-state index in [1.807, 2.05) is 0 Å². The van der Waals surface area contributed by atoms with Crippen LogP contribution in [0.1, 0.15) is 25.7 Å². The standard InChI is InChI=1S/C17H20F4N4O2S/c1-22-11-4-5-25(14(8-11)17(19,20)21)12-6-10(18)7-13-15(12)23-16(9-2-3-9)24-28(13,26)27/h6-7,9,11,14,22H,2-5,8H2,1H3,(H,23,24)/t11-,14-/m0/s1. The van der Waals surface area contributed by atoms with Gasteiger partial charge in [0.15, 0.2) is 0 Å². The molecular formula is C17H20F4N4O2S. The molecule has 0 unspecified atom stereocenters. The minimum Gasteiger partial charge on any atom is -0.358 e. The Hall–Kier alpha value is -1.88. The number of hydrogen-bond donors (Lipinski definition) is 2. The zero-order valence-electron chi connectivity index (χ0n) is 15.1. The van der Waals surface area contributed by atoms with E-state index in [1.54, 1.807) is 7.05 Å². The van der Waals surface area contributed by atoms with Crippen molar-refractivity contribution in [2.45, 2.75) is 48.8 Å². The number of sulfonamides is 1. The Morgan fingerprint density at radius 3 is 2.57 bits per heavy atom. The highest BCUT2D eigenvalue weighted by molar-refractivity contribution is 7.90. The first-order valence-electron chi connectivity index (χ1n) is 9.06. The lowest BCUT2D eigenvalue weighted by atomic mass is 9.95. The molecule has 0 aromatic heterocycles. The molecule has 1 saturated carbocycles. The van der Waals surface area contributed by atoms with E-state index >= 15 is 0 Å². The number of anilines is 2. The lowest BCUT2D eigenvalue weighted by Crippen LogP contribution is -2.54. The Kier molecular flexibility index (Phi) is 4.57. The first-order valence-corrected chi connectivity index (χ1v) is 10.5. The zero-order chi connectivity index (χ0) is 20.3. The second kappa shape index (κ2) is 6.58. The van der Waals surface area contributed by atoms with Gasteiger partial charge in [-0.15, -0.1) is 4.40 Å². The van der Waals surface area contributed by atoms with Crippen molar-refractivity contribution in [1.82, 2.24) is 5.32 Å². The van der Waals surface area contributed by atoms with Crippen molar-refractivity contribution in [3.63, 3.8) is 0 Å². The van der Waals surface area contributed by atoms with Gasteiger partial charge in [-0.25, -0.2) is 4.39 Å². The van der Waals surface area contributed by atoms with Crippen LogP contribution in [-0.2, 0) is 10.0 Å². The third kappa shape index (κ3) is 3.45. The fraction of sp³-hybridized carbons (Fsp3) is 0.588. The number of alkyl halides is 3. The summed E-state index contributed by atoms with van der Waals surface area (Å²) in [5, 5.41) is 5.75. The van der Waals surface area contributed by atoms with Crippen LogP contribution in [-0.4, -0.2) is 46.1 Å². The Morgan fingerprint density at radius 1 is 1.25 bits per heavy atom. The summed E-state index contributed by atoms with van der Waals surface area (Å²) in [7, 11) is -2.58. The fourth-order valence-corrected chi connectivity index (χ4v) is 5.04. The van der Waals surface area contributed by atoms with Crippen molar-refractivity contribution < 1.29 is 26.0 Å². The molecule has 1 saturated heterocycles. The maximum atomic E-state index is 14.2. The lowest BCUT2D eigenvalue weighted by Gasteiger charge is -2.42. The van der Waals surface area contributed by atoms with Crippen molar-refractivity contribution in [1.29, 1.82) is 0 Å². The number of fused-ring (bicyclic) bond motifs is 1. The summed E-state index contributed by atoms with van der Waals surface area (Å²) < 4.78 is 84.3. The Bertz CT molecular complexity index is 928. The number of halogens is 4. The van der Waals surface area contributed by atoms with Crippen LogP contribution < -0.4 is 15.5 Å². The molecule has 28 heavy (non-hydrogen) atoms. The fourth-order valence-electron chi connectivity index (χ4n) is 3.81. The summed E-state index contributed by atoms with van der Waals surface area (Å²) in [6.07, 6.45) is -2.82. The van der Waals surface area contributed by atoms with E-state index in [0.29, 0.717) is 6.42 Å². The number of piperidine rings is 1. The highest BCUT2D eigenvalue weighted by atomic mass is 32.2. The number of benzene rings is 1. The molecule has 1 aromatic carbocycles. The van der Waals surface area contributed by atoms with Crippen molar-refractivity contribution in [3.05, 3.63) is 17.9 Å². The van der Waals surface area contributed by atoms with E-state index in [2.05, 4.69) is 15.0 Å². The molecule has 2 fully saturated rings. The molecule has 0 amide bonds. The van der Waals surface area contributed by atoms with Crippen molar-refractivity contribution in [2.75, 3.05) is 23.8 Å². The number of nitrogens with zero attached hydrogens (tertiary/aromatic N) is 2. The normalized spacial score (nSPS) is 27.0. The van der Waals surface area contributed by atoms with Crippen molar-refractivity contribution >= 4 is 27.2 Å². The molecule has 2 aliphatic heterocycles. The van der Waals surface area contributed by atoms with Crippen molar-refractivity contribution in [3.8, 4) is 0 Å². The molecule has 0 spiro atoms. The van der Waals surface area contributed by atoms with Gasteiger partial charge in [0.1, 0.15) is 22.6 Å². The average molecular weight is 420 g/mol. The second-order valence-electron chi connectivity index (χ2n) is 7.41. The number of rotatable bonds is 3. The van der Waals surface area contributed by atoms with Gasteiger partial charge in [-0.2, -0.15) is 21.6 Å². The molecule has 2 heterocycles. The van der Waals surface area contributed by atoms with Crippen LogP contribution in [0.3, 0.4) is 0 Å². The Balaban J connectivity index is 1.82. The van der Waals surface area contributed by atoms with E-state index in [0.717, 1.165) is 29.9 Å². The third-order valence-electron chi connectivity index (χ3n) is 5.46. The number of nitrogens with one attached hydrogen (secondary N) is 2. The number of hydrogen-bond acceptors (Lipinski definition) is 5. The molecule has 154 valence electrons. The maximum absolute atomic E-state index is 14.2. The molecule has 0 bridgehead atoms. The second-order valence-corrected chi connectivity index (χ2v) is 8.98. The Morgan fingerprint density at radius 2 is 1.96 bits per heavy atom. The van der Waals surface area contributed by atoms with Gasteiger partial charge in [-0.3, -0.25) is 0 Å². The van der Waals surface area contributed by atoms with Crippen LogP contribution in [0.4, 0.5) is 28.9 Å². The van der Waals surface area contributed by atoms with E-state index in [4.69, 9.17) is 0 Å². The minimum atomic E-state index is -4.55. The van der Waals surface area contributed by atoms with Crippen LogP contribution >= 0.6 is 0 Å². The van der Waals surface area contributed by atoms with Gasteiger partial charge in [0.2, 0.25) is 0 Å². The van der Waals surface area contributed by atoms with Crippen LogP contribution in [0.5, 0.6) is 0 Å². The van der Waals surface area contributed by atoms with Gasteiger partial charge in [0.25, 0.3) is 10.0 Å². The smallest absolute Gasteiger partial charge is 0.358 e. The molecule has 2 N–H and O–H groups in total. The number of amidine groups is 1. The van der Waals surface area contributed by atoms with Gasteiger partial charge in [-0.05, 0) is 44.9 Å². The van der Waals surface area contributed by atoms with Gasteiger partial charge in [-0.1, -0.05) is 0 Å². The lowest BCUT2D eigenvalue weighted by molar-refractivity contribution is -0.154. The molecule has 3 aliphatic rings. The van der Waals surface area contributed by atoms with Crippen LogP contribution in [0.25, 0.3) is 0 Å². The van der Waals surface area contributed by atoms with Gasteiger partial charge >= 0.3 is 6.18 Å². The first kappa shape index (κ1) is 19.4. The molecule has 4 rings (SSSR count).